The number of methoxy groups -OCH3 is 1. The van der Waals surface area contributed by atoms with E-state index in [1.54, 1.807) is 42.7 Å². The fourth-order valence-corrected chi connectivity index (χ4v) is 1.21. The molecule has 1 heterocycles. The topological polar surface area (TPSA) is 53.4 Å². The van der Waals surface area contributed by atoms with Crippen LogP contribution >= 0.6 is 0 Å². The van der Waals surface area contributed by atoms with Crippen LogP contribution in [0.15, 0.2) is 42.7 Å². The van der Waals surface area contributed by atoms with Gasteiger partial charge >= 0.3 is 5.97 Å². The van der Waals surface area contributed by atoms with Crippen LogP contribution in [0, 0.1) is 0 Å². The van der Waals surface area contributed by atoms with Crippen molar-refractivity contribution in [3.8, 4) is 5.75 Å². The lowest BCUT2D eigenvalue weighted by Gasteiger charge is -2.05. The number of carbonyl (C=O) groups is 1. The summed E-state index contributed by atoms with van der Waals surface area (Å²) < 4.78 is 4.61. The Hall–Kier alpha value is -2.30. The lowest BCUT2D eigenvalue weighted by atomic mass is 10.2. The molecule has 2 aromatic rings. The maximum atomic E-state index is 11.3. The summed E-state index contributed by atoms with van der Waals surface area (Å²) in [6.07, 6.45) is 3.26. The number of nitrogens with zero attached hydrogens (tertiary/aromatic N) is 2. The first-order valence-corrected chi connectivity index (χ1v) is 4.66. The Bertz CT molecular complexity index is 480. The molecule has 5 nitrogen and oxygen atoms in total. The number of aromatic nitrogens is 2. The van der Waals surface area contributed by atoms with E-state index in [0.29, 0.717) is 11.3 Å². The SMILES string of the molecule is COC(=O)c1cccc(On2cccn2)c1. The van der Waals surface area contributed by atoms with Crippen LogP contribution in [0.2, 0.25) is 0 Å². The van der Waals surface area contributed by atoms with E-state index in [4.69, 9.17) is 4.84 Å². The fraction of sp³-hybridized carbons (Fsp3) is 0.0909. The quantitative estimate of drug-likeness (QED) is 0.733. The molecule has 0 radical (unpaired) electrons. The van der Waals surface area contributed by atoms with Crippen molar-refractivity contribution < 1.29 is 14.4 Å². The van der Waals surface area contributed by atoms with Crippen LogP contribution in [-0.4, -0.2) is 23.0 Å². The fourth-order valence-electron chi connectivity index (χ4n) is 1.21. The van der Waals surface area contributed by atoms with Crippen molar-refractivity contribution in [3.63, 3.8) is 0 Å². The highest BCUT2D eigenvalue weighted by atomic mass is 16.7. The molecule has 5 heteroatoms. The molecule has 1 aromatic heterocycles. The Morgan fingerprint density at radius 3 is 2.94 bits per heavy atom. The van der Waals surface area contributed by atoms with Crippen molar-refractivity contribution in [1.29, 1.82) is 0 Å². The first-order chi connectivity index (χ1) is 7.79. The van der Waals surface area contributed by atoms with Gasteiger partial charge in [0.15, 0.2) is 5.75 Å². The van der Waals surface area contributed by atoms with Crippen molar-refractivity contribution in [3.05, 3.63) is 48.3 Å². The van der Waals surface area contributed by atoms with Gasteiger partial charge in [-0.15, -0.1) is 9.94 Å². The zero-order valence-corrected chi connectivity index (χ0v) is 8.66. The van der Waals surface area contributed by atoms with Gasteiger partial charge < -0.3 is 9.57 Å². The number of esters is 1. The second-order valence-electron chi connectivity index (χ2n) is 3.02. The minimum atomic E-state index is -0.397. The maximum absolute atomic E-state index is 11.3. The summed E-state index contributed by atoms with van der Waals surface area (Å²) in [7, 11) is 1.34. The highest BCUT2D eigenvalue weighted by Crippen LogP contribution is 2.14. The van der Waals surface area contributed by atoms with Crippen LogP contribution in [0.4, 0.5) is 0 Å². The summed E-state index contributed by atoms with van der Waals surface area (Å²) >= 11 is 0. The van der Waals surface area contributed by atoms with Crippen LogP contribution in [-0.2, 0) is 4.74 Å². The molecule has 16 heavy (non-hydrogen) atoms. The van der Waals surface area contributed by atoms with Gasteiger partial charge in [-0.25, -0.2) is 4.79 Å². The molecule has 0 saturated carbocycles. The number of benzene rings is 1. The third-order valence-corrected chi connectivity index (χ3v) is 1.93. The molecule has 1 aromatic carbocycles. The van der Waals surface area contributed by atoms with Crippen LogP contribution in [0.3, 0.4) is 0 Å². The summed E-state index contributed by atoms with van der Waals surface area (Å²) in [5.74, 6) is 0.123. The lowest BCUT2D eigenvalue weighted by molar-refractivity contribution is 0.0599. The largest absolute Gasteiger partial charge is 0.465 e. The predicted molar refractivity (Wildman–Crippen MR) is 56.0 cm³/mol. The molecule has 2 rings (SSSR count). The Kier molecular flexibility index (Phi) is 2.86. The highest BCUT2D eigenvalue weighted by Gasteiger charge is 2.06. The minimum absolute atomic E-state index is 0.397. The molecule has 0 atom stereocenters. The molecule has 82 valence electrons. The molecule has 0 aliphatic heterocycles. The first-order valence-electron chi connectivity index (χ1n) is 4.66. The van der Waals surface area contributed by atoms with E-state index < -0.39 is 5.97 Å². The standard InChI is InChI=1S/C11H10N2O3/c1-15-11(14)9-4-2-5-10(8-9)16-13-7-3-6-12-13/h2-8H,1H3. The first kappa shape index (κ1) is 10.2. The second kappa shape index (κ2) is 4.48. The van der Waals surface area contributed by atoms with Crippen molar-refractivity contribution in [2.75, 3.05) is 7.11 Å². The van der Waals surface area contributed by atoms with E-state index >= 15 is 0 Å². The summed E-state index contributed by atoms with van der Waals surface area (Å²) in [5, 5.41) is 3.88. The molecular weight excluding hydrogens is 208 g/mol. The molecule has 0 saturated heterocycles. The molecule has 0 amide bonds. The smallest absolute Gasteiger partial charge is 0.337 e. The zero-order chi connectivity index (χ0) is 11.4. The van der Waals surface area contributed by atoms with E-state index in [2.05, 4.69) is 9.84 Å². The molecule has 0 bridgehead atoms. The number of hydrogen-bond acceptors (Lipinski definition) is 4. The number of carbonyl (C=O) groups excluding carboxylic acids is 1. The van der Waals surface area contributed by atoms with Gasteiger partial charge in [0.1, 0.15) is 0 Å². The van der Waals surface area contributed by atoms with Crippen molar-refractivity contribution in [2.45, 2.75) is 0 Å². The second-order valence-corrected chi connectivity index (χ2v) is 3.02. The summed E-state index contributed by atoms with van der Waals surface area (Å²) in [6.45, 7) is 0. The van der Waals surface area contributed by atoms with Crippen LogP contribution in [0.1, 0.15) is 10.4 Å². The summed E-state index contributed by atoms with van der Waals surface area (Å²) in [4.78, 5) is 17.9. The predicted octanol–water partition coefficient (Wildman–Crippen LogP) is 1.51. The Balaban J connectivity index is 2.19. The molecule has 0 unspecified atom stereocenters. The average Bonchev–Trinajstić information content (AvgIpc) is 2.81. The summed E-state index contributed by atoms with van der Waals surface area (Å²) in [5.41, 5.74) is 0.437. The van der Waals surface area contributed by atoms with E-state index in [0.717, 1.165) is 0 Å². The zero-order valence-electron chi connectivity index (χ0n) is 8.66. The molecule has 0 fully saturated rings. The van der Waals surface area contributed by atoms with Gasteiger partial charge in [0.25, 0.3) is 0 Å². The Labute approximate surface area is 92.2 Å². The average molecular weight is 218 g/mol. The number of hydrogen-bond donors (Lipinski definition) is 0. The van der Waals surface area contributed by atoms with E-state index in [-0.39, 0.29) is 0 Å². The van der Waals surface area contributed by atoms with Gasteiger partial charge in [-0.1, -0.05) is 6.07 Å². The summed E-state index contributed by atoms with van der Waals surface area (Å²) in [6, 6.07) is 8.43. The van der Waals surface area contributed by atoms with E-state index in [1.807, 2.05) is 0 Å². The van der Waals surface area contributed by atoms with Gasteiger partial charge in [0.2, 0.25) is 0 Å². The van der Waals surface area contributed by atoms with Gasteiger partial charge in [0, 0.05) is 0 Å². The van der Waals surface area contributed by atoms with Gasteiger partial charge in [0.05, 0.1) is 25.1 Å². The molecule has 0 spiro atoms. The van der Waals surface area contributed by atoms with Crippen molar-refractivity contribution in [1.82, 2.24) is 9.94 Å². The third kappa shape index (κ3) is 2.20. The van der Waals surface area contributed by atoms with Crippen molar-refractivity contribution >= 4 is 5.97 Å². The molecular formula is C11H10N2O3. The van der Waals surface area contributed by atoms with Crippen LogP contribution in [0.5, 0.6) is 5.75 Å². The third-order valence-electron chi connectivity index (χ3n) is 1.93. The Morgan fingerprint density at radius 1 is 1.38 bits per heavy atom. The van der Waals surface area contributed by atoms with Gasteiger partial charge in [-0.05, 0) is 24.3 Å². The maximum Gasteiger partial charge on any atom is 0.337 e. The lowest BCUT2D eigenvalue weighted by Crippen LogP contribution is -2.06. The molecule has 0 aliphatic carbocycles. The van der Waals surface area contributed by atoms with Gasteiger partial charge in [-0.2, -0.15) is 0 Å². The number of rotatable bonds is 3. The monoisotopic (exact) mass is 218 g/mol. The van der Waals surface area contributed by atoms with Gasteiger partial charge in [-0.3, -0.25) is 0 Å². The van der Waals surface area contributed by atoms with E-state index in [9.17, 15) is 4.79 Å². The molecule has 0 aliphatic rings. The minimum Gasteiger partial charge on any atom is -0.465 e. The number of ether oxygens (including phenoxy) is 1. The Morgan fingerprint density at radius 2 is 2.25 bits per heavy atom. The van der Waals surface area contributed by atoms with E-state index in [1.165, 1.54) is 12.0 Å². The van der Waals surface area contributed by atoms with Crippen LogP contribution < -0.4 is 4.84 Å². The van der Waals surface area contributed by atoms with Crippen molar-refractivity contribution in [2.24, 2.45) is 0 Å². The normalized spacial score (nSPS) is 9.81. The highest BCUT2D eigenvalue weighted by molar-refractivity contribution is 5.89. The molecule has 0 N–H and O–H groups in total. The van der Waals surface area contributed by atoms with Crippen LogP contribution in [0.25, 0.3) is 0 Å².